The fraction of sp³-hybridized carbons (Fsp3) is 0.875. The number of ether oxygens (including phenoxy) is 1. The average molecular weight is 449 g/mol. The van der Waals surface area contributed by atoms with Crippen molar-refractivity contribution in [2.45, 2.75) is 43.4 Å². The van der Waals surface area contributed by atoms with E-state index < -0.39 is 34.4 Å². The van der Waals surface area contributed by atoms with Crippen molar-refractivity contribution >= 4 is 22.3 Å². The van der Waals surface area contributed by atoms with E-state index in [1.807, 2.05) is 0 Å². The molecule has 0 unspecified atom stereocenters. The van der Waals surface area contributed by atoms with Gasteiger partial charge in [-0.25, -0.2) is 10.3 Å². The standard InChI is InChI=1S/C16H27N5O8S/c22-15(14-2-1-12-9-20(14)16(23)21(12)29-30(24,25)26)18-28-10-11-7-13(8-17-11)19-3-5-27-6-4-19/h11-14,17H,1-10H2,(H,18,22)(H,24,25,26)/t11-,12+,13+,14-/m0/s1. The molecule has 4 aliphatic heterocycles. The number of hydrogen-bond donors (Lipinski definition) is 3. The molecule has 14 heteroatoms. The lowest BCUT2D eigenvalue weighted by Crippen LogP contribution is -2.50. The van der Waals surface area contributed by atoms with Crippen molar-refractivity contribution in [1.82, 2.24) is 25.7 Å². The molecular formula is C16H27N5O8S. The first kappa shape index (κ1) is 21.7. The zero-order valence-electron chi connectivity index (χ0n) is 16.4. The highest BCUT2D eigenvalue weighted by Gasteiger charge is 2.49. The smallest absolute Gasteiger partial charge is 0.379 e. The predicted molar refractivity (Wildman–Crippen MR) is 100 cm³/mol. The molecule has 0 aromatic rings. The number of fused-ring (bicyclic) bond motifs is 2. The zero-order valence-corrected chi connectivity index (χ0v) is 17.3. The molecule has 4 rings (SSSR count). The quantitative estimate of drug-likeness (QED) is 0.297. The molecule has 0 saturated carbocycles. The summed E-state index contributed by atoms with van der Waals surface area (Å²) in [5.41, 5.74) is 2.41. The summed E-state index contributed by atoms with van der Waals surface area (Å²) in [5.74, 6) is -0.474. The number of morpholine rings is 1. The number of hydroxylamine groups is 3. The van der Waals surface area contributed by atoms with Crippen LogP contribution in [0.5, 0.6) is 0 Å². The van der Waals surface area contributed by atoms with Gasteiger partial charge in [0.15, 0.2) is 0 Å². The Labute approximate surface area is 174 Å². The molecule has 0 spiro atoms. The van der Waals surface area contributed by atoms with Crippen molar-refractivity contribution in [3.8, 4) is 0 Å². The van der Waals surface area contributed by atoms with Crippen LogP contribution in [0.4, 0.5) is 4.79 Å². The Bertz CT molecular complexity index is 761. The summed E-state index contributed by atoms with van der Waals surface area (Å²) in [4.78, 5) is 33.9. The monoisotopic (exact) mass is 449 g/mol. The Kier molecular flexibility index (Phi) is 6.43. The van der Waals surface area contributed by atoms with Crippen LogP contribution in [0, 0.1) is 0 Å². The number of nitrogens with zero attached hydrogens (tertiary/aromatic N) is 3. The molecule has 13 nitrogen and oxygen atoms in total. The largest absolute Gasteiger partial charge is 0.418 e. The van der Waals surface area contributed by atoms with Gasteiger partial charge in [0.05, 0.1) is 25.9 Å². The number of hydrogen-bond acceptors (Lipinski definition) is 9. The van der Waals surface area contributed by atoms with Crippen molar-refractivity contribution in [2.75, 3.05) is 46.0 Å². The molecule has 4 aliphatic rings. The number of urea groups is 1. The predicted octanol–water partition coefficient (Wildman–Crippen LogP) is -1.90. The number of nitrogens with one attached hydrogen (secondary N) is 2. The van der Waals surface area contributed by atoms with E-state index in [-0.39, 0.29) is 12.6 Å². The van der Waals surface area contributed by atoms with Gasteiger partial charge >= 0.3 is 16.4 Å². The van der Waals surface area contributed by atoms with Crippen molar-refractivity contribution < 1.29 is 36.4 Å². The normalized spacial score (nSPS) is 32.6. The molecule has 4 fully saturated rings. The van der Waals surface area contributed by atoms with E-state index in [9.17, 15) is 18.0 Å². The fourth-order valence-corrected chi connectivity index (χ4v) is 4.92. The average Bonchev–Trinajstić information content (AvgIpc) is 3.27. The van der Waals surface area contributed by atoms with E-state index in [0.717, 1.165) is 39.3 Å². The second-order valence-corrected chi connectivity index (χ2v) is 8.93. The van der Waals surface area contributed by atoms with Crippen molar-refractivity contribution in [3.05, 3.63) is 0 Å². The van der Waals surface area contributed by atoms with Crippen LogP contribution < -0.4 is 10.8 Å². The van der Waals surface area contributed by atoms with Gasteiger partial charge in [0.2, 0.25) is 0 Å². The Morgan fingerprint density at radius 1 is 1.27 bits per heavy atom. The summed E-state index contributed by atoms with van der Waals surface area (Å²) in [7, 11) is -4.82. The number of piperidine rings is 1. The molecule has 0 aromatic carbocycles. The van der Waals surface area contributed by atoms with Gasteiger partial charge in [0.25, 0.3) is 5.91 Å². The highest BCUT2D eigenvalue weighted by Crippen LogP contribution is 2.30. The molecule has 0 aliphatic carbocycles. The Balaban J connectivity index is 1.22. The second-order valence-electron chi connectivity index (χ2n) is 7.93. The zero-order chi connectivity index (χ0) is 21.3. The molecule has 170 valence electrons. The lowest BCUT2D eigenvalue weighted by atomic mass is 10.0. The Morgan fingerprint density at radius 2 is 2.03 bits per heavy atom. The summed E-state index contributed by atoms with van der Waals surface area (Å²) in [6.07, 6.45) is 1.60. The van der Waals surface area contributed by atoms with Crippen molar-refractivity contribution in [2.24, 2.45) is 0 Å². The van der Waals surface area contributed by atoms with Crippen LogP contribution in [-0.2, 0) is 29.1 Å². The number of rotatable bonds is 7. The van der Waals surface area contributed by atoms with Crippen molar-refractivity contribution in [3.63, 3.8) is 0 Å². The molecule has 4 atom stereocenters. The fourth-order valence-electron chi connectivity index (χ4n) is 4.53. The minimum Gasteiger partial charge on any atom is -0.379 e. The molecule has 3 N–H and O–H groups in total. The first-order valence-corrected chi connectivity index (χ1v) is 11.4. The molecule has 0 radical (unpaired) electrons. The topological polar surface area (TPSA) is 150 Å². The highest BCUT2D eigenvalue weighted by atomic mass is 32.3. The van der Waals surface area contributed by atoms with Crippen LogP contribution in [0.2, 0.25) is 0 Å². The first-order chi connectivity index (χ1) is 14.3. The number of amides is 3. The maximum absolute atomic E-state index is 12.5. The van der Waals surface area contributed by atoms with Gasteiger partial charge in [-0.2, -0.15) is 13.5 Å². The van der Waals surface area contributed by atoms with Gasteiger partial charge in [-0.1, -0.05) is 0 Å². The van der Waals surface area contributed by atoms with E-state index in [2.05, 4.69) is 20.0 Å². The van der Waals surface area contributed by atoms with Gasteiger partial charge in [-0.3, -0.25) is 19.1 Å². The lowest BCUT2D eigenvalue weighted by molar-refractivity contribution is -0.139. The Hall–Kier alpha value is -1.55. The molecule has 3 amide bonds. The van der Waals surface area contributed by atoms with Gasteiger partial charge in [0, 0.05) is 38.3 Å². The summed E-state index contributed by atoms with van der Waals surface area (Å²) >= 11 is 0. The van der Waals surface area contributed by atoms with Gasteiger partial charge in [0.1, 0.15) is 6.04 Å². The van der Waals surface area contributed by atoms with E-state index in [1.165, 1.54) is 4.90 Å². The highest BCUT2D eigenvalue weighted by molar-refractivity contribution is 7.80. The van der Waals surface area contributed by atoms with E-state index >= 15 is 0 Å². The minimum absolute atomic E-state index is 0.112. The van der Waals surface area contributed by atoms with E-state index in [4.69, 9.17) is 14.1 Å². The summed E-state index contributed by atoms with van der Waals surface area (Å²) in [6.45, 7) is 4.63. The van der Waals surface area contributed by atoms with Crippen molar-refractivity contribution in [1.29, 1.82) is 0 Å². The Morgan fingerprint density at radius 3 is 2.77 bits per heavy atom. The summed E-state index contributed by atoms with van der Waals surface area (Å²) in [6, 6.07) is -1.57. The molecule has 0 aromatic heterocycles. The number of carbonyl (C=O) groups excluding carboxylic acids is 2. The maximum atomic E-state index is 12.5. The third-order valence-electron chi connectivity index (χ3n) is 6.02. The van der Waals surface area contributed by atoms with Crippen LogP contribution in [0.25, 0.3) is 0 Å². The van der Waals surface area contributed by atoms with Gasteiger partial charge < -0.3 is 15.0 Å². The number of carbonyl (C=O) groups is 2. The van der Waals surface area contributed by atoms with Crippen LogP contribution in [0.1, 0.15) is 19.3 Å². The summed E-state index contributed by atoms with van der Waals surface area (Å²) in [5, 5.41) is 4.00. The van der Waals surface area contributed by atoms with E-state index in [0.29, 0.717) is 30.6 Å². The van der Waals surface area contributed by atoms with E-state index in [1.54, 1.807) is 0 Å². The molecule has 30 heavy (non-hydrogen) atoms. The third kappa shape index (κ3) is 4.85. The molecular weight excluding hydrogens is 422 g/mol. The van der Waals surface area contributed by atoms with Gasteiger partial charge in [-0.15, -0.1) is 4.28 Å². The van der Waals surface area contributed by atoms with Crippen LogP contribution in [-0.4, -0.2) is 110 Å². The first-order valence-electron chi connectivity index (χ1n) is 10.1. The minimum atomic E-state index is -4.82. The third-order valence-corrected chi connectivity index (χ3v) is 6.37. The van der Waals surface area contributed by atoms with Crippen LogP contribution in [0.3, 0.4) is 0 Å². The second kappa shape index (κ2) is 8.90. The van der Waals surface area contributed by atoms with Gasteiger partial charge in [-0.05, 0) is 19.3 Å². The summed E-state index contributed by atoms with van der Waals surface area (Å²) < 4.78 is 40.4. The van der Waals surface area contributed by atoms with Crippen LogP contribution >= 0.6 is 0 Å². The lowest BCUT2D eigenvalue weighted by Gasteiger charge is -2.31. The molecule has 4 heterocycles. The molecule has 4 saturated heterocycles. The maximum Gasteiger partial charge on any atom is 0.418 e. The SMILES string of the molecule is O=C(NOC[C@@H]1C[C@@H](N2CCOCC2)CN1)[C@@H]1CC[C@@H]2CN1C(=O)N2OS(=O)(=O)O. The molecule has 2 bridgehead atoms. The van der Waals surface area contributed by atoms with Crippen LogP contribution in [0.15, 0.2) is 0 Å².